The second kappa shape index (κ2) is 7.08. The Morgan fingerprint density at radius 3 is 2.40 bits per heavy atom. The number of ether oxygens (including phenoxy) is 1. The highest BCUT2D eigenvalue weighted by atomic mass is 16.5. The predicted octanol–water partition coefficient (Wildman–Crippen LogP) is 2.69. The van der Waals surface area contributed by atoms with Crippen LogP contribution >= 0.6 is 0 Å². The minimum atomic E-state index is -0.640. The third kappa shape index (κ3) is 3.59. The van der Waals surface area contributed by atoms with Crippen molar-refractivity contribution in [3.05, 3.63) is 65.7 Å². The van der Waals surface area contributed by atoms with Crippen LogP contribution in [0, 0.1) is 0 Å². The highest BCUT2D eigenvalue weighted by molar-refractivity contribution is 5.36. The fourth-order valence-corrected chi connectivity index (χ4v) is 2.23. The van der Waals surface area contributed by atoms with Crippen LogP contribution in [0.15, 0.2) is 54.6 Å². The predicted molar refractivity (Wildman–Crippen MR) is 80.7 cm³/mol. The van der Waals surface area contributed by atoms with Crippen molar-refractivity contribution in [1.82, 2.24) is 0 Å². The Bertz CT molecular complexity index is 528. The first-order valence-electron chi connectivity index (χ1n) is 6.91. The van der Waals surface area contributed by atoms with Crippen molar-refractivity contribution in [3.8, 4) is 5.75 Å². The second-order valence-corrected chi connectivity index (χ2v) is 4.75. The first-order valence-corrected chi connectivity index (χ1v) is 6.91. The van der Waals surface area contributed by atoms with Crippen LogP contribution in [0.2, 0.25) is 0 Å². The highest BCUT2D eigenvalue weighted by Crippen LogP contribution is 2.26. The topological polar surface area (TPSA) is 55.5 Å². The van der Waals surface area contributed by atoms with Crippen molar-refractivity contribution in [3.63, 3.8) is 0 Å². The van der Waals surface area contributed by atoms with Crippen LogP contribution in [-0.2, 0) is 6.42 Å². The molecule has 0 saturated carbocycles. The summed E-state index contributed by atoms with van der Waals surface area (Å²) in [5, 5.41) is 10.3. The average molecular weight is 271 g/mol. The zero-order valence-corrected chi connectivity index (χ0v) is 11.7. The molecule has 0 unspecified atom stereocenters. The number of rotatable bonds is 6. The van der Waals surface area contributed by atoms with Crippen molar-refractivity contribution < 1.29 is 9.84 Å². The molecule has 2 atom stereocenters. The summed E-state index contributed by atoms with van der Waals surface area (Å²) in [5.41, 5.74) is 8.11. The number of hydrogen-bond donors (Lipinski definition) is 2. The molecule has 2 aromatic rings. The molecule has 20 heavy (non-hydrogen) atoms. The largest absolute Gasteiger partial charge is 0.494 e. The highest BCUT2D eigenvalue weighted by Gasteiger charge is 2.20. The molecule has 0 aliphatic rings. The van der Waals surface area contributed by atoms with Gasteiger partial charge in [-0.15, -0.1) is 0 Å². The molecule has 3 heteroatoms. The molecular formula is C17H21NO2. The molecule has 3 N–H and O–H groups in total. The van der Waals surface area contributed by atoms with Gasteiger partial charge in [0.1, 0.15) is 5.75 Å². The van der Waals surface area contributed by atoms with Gasteiger partial charge in [0.25, 0.3) is 0 Å². The molecule has 0 radical (unpaired) electrons. The van der Waals surface area contributed by atoms with Gasteiger partial charge in [-0.05, 0) is 18.6 Å². The number of aliphatic hydroxyl groups excluding tert-OH is 1. The Labute approximate surface area is 120 Å². The Hall–Kier alpha value is -1.84. The van der Waals surface area contributed by atoms with E-state index in [1.54, 1.807) is 0 Å². The van der Waals surface area contributed by atoms with E-state index in [2.05, 4.69) is 0 Å². The normalized spacial score (nSPS) is 13.8. The van der Waals surface area contributed by atoms with Gasteiger partial charge in [-0.3, -0.25) is 0 Å². The standard InChI is InChI=1S/C17H21NO2/c1-2-20-16-11-7-6-10-14(16)17(18)15(19)12-13-8-4-3-5-9-13/h3-11,15,17,19H,2,12,18H2,1H3/t15-,17+/m1/s1. The summed E-state index contributed by atoms with van der Waals surface area (Å²) >= 11 is 0. The van der Waals surface area contributed by atoms with Gasteiger partial charge in [0.15, 0.2) is 0 Å². The lowest BCUT2D eigenvalue weighted by Gasteiger charge is -2.21. The van der Waals surface area contributed by atoms with E-state index in [0.29, 0.717) is 13.0 Å². The Balaban J connectivity index is 2.12. The van der Waals surface area contributed by atoms with Crippen molar-refractivity contribution in [2.24, 2.45) is 5.73 Å². The van der Waals surface area contributed by atoms with Crippen LogP contribution in [0.5, 0.6) is 5.75 Å². The minimum Gasteiger partial charge on any atom is -0.494 e. The van der Waals surface area contributed by atoms with Crippen LogP contribution in [0.4, 0.5) is 0 Å². The summed E-state index contributed by atoms with van der Waals surface area (Å²) in [6.45, 7) is 2.52. The molecule has 0 aromatic heterocycles. The number of benzene rings is 2. The van der Waals surface area contributed by atoms with Crippen LogP contribution < -0.4 is 10.5 Å². The van der Waals surface area contributed by atoms with E-state index in [9.17, 15) is 5.11 Å². The smallest absolute Gasteiger partial charge is 0.124 e. The summed E-state index contributed by atoms with van der Waals surface area (Å²) in [4.78, 5) is 0. The molecule has 0 aliphatic heterocycles. The van der Waals surface area contributed by atoms with Crippen LogP contribution in [-0.4, -0.2) is 17.8 Å². The Morgan fingerprint density at radius 2 is 1.70 bits per heavy atom. The molecule has 0 fully saturated rings. The van der Waals surface area contributed by atoms with Gasteiger partial charge in [-0.1, -0.05) is 48.5 Å². The van der Waals surface area contributed by atoms with Crippen LogP contribution in [0.25, 0.3) is 0 Å². The van der Waals surface area contributed by atoms with Gasteiger partial charge in [0.05, 0.1) is 18.8 Å². The number of nitrogens with two attached hydrogens (primary N) is 1. The third-order valence-electron chi connectivity index (χ3n) is 3.28. The van der Waals surface area contributed by atoms with Crippen LogP contribution in [0.1, 0.15) is 24.1 Å². The summed E-state index contributed by atoms with van der Waals surface area (Å²) in [6, 6.07) is 17.0. The van der Waals surface area contributed by atoms with Crippen molar-refractivity contribution in [1.29, 1.82) is 0 Å². The Morgan fingerprint density at radius 1 is 1.05 bits per heavy atom. The molecule has 2 aromatic carbocycles. The summed E-state index contributed by atoms with van der Waals surface area (Å²) < 4.78 is 5.57. The molecule has 2 rings (SSSR count). The van der Waals surface area contributed by atoms with E-state index < -0.39 is 12.1 Å². The lowest BCUT2D eigenvalue weighted by atomic mass is 9.96. The van der Waals surface area contributed by atoms with E-state index in [4.69, 9.17) is 10.5 Å². The monoisotopic (exact) mass is 271 g/mol. The van der Waals surface area contributed by atoms with Crippen molar-refractivity contribution >= 4 is 0 Å². The minimum absolute atomic E-state index is 0.460. The van der Waals surface area contributed by atoms with Gasteiger partial charge >= 0.3 is 0 Å². The van der Waals surface area contributed by atoms with Gasteiger partial charge in [-0.25, -0.2) is 0 Å². The fraction of sp³-hybridized carbons (Fsp3) is 0.294. The first kappa shape index (κ1) is 14.6. The molecule has 0 heterocycles. The number of para-hydroxylation sites is 1. The molecular weight excluding hydrogens is 250 g/mol. The molecule has 0 amide bonds. The molecule has 0 aliphatic carbocycles. The number of hydrogen-bond acceptors (Lipinski definition) is 3. The molecule has 0 saturated heterocycles. The van der Waals surface area contributed by atoms with Gasteiger partial charge < -0.3 is 15.6 Å². The van der Waals surface area contributed by atoms with E-state index >= 15 is 0 Å². The summed E-state index contributed by atoms with van der Waals surface area (Å²) in [5.74, 6) is 0.745. The maximum Gasteiger partial charge on any atom is 0.124 e. The van der Waals surface area contributed by atoms with E-state index in [0.717, 1.165) is 16.9 Å². The number of aliphatic hydroxyl groups is 1. The lowest BCUT2D eigenvalue weighted by molar-refractivity contribution is 0.143. The zero-order chi connectivity index (χ0) is 14.4. The molecule has 0 bridgehead atoms. The van der Waals surface area contributed by atoms with Gasteiger partial charge in [0.2, 0.25) is 0 Å². The summed E-state index contributed by atoms with van der Waals surface area (Å²) in [7, 11) is 0. The van der Waals surface area contributed by atoms with Gasteiger partial charge in [0, 0.05) is 12.0 Å². The fourth-order valence-electron chi connectivity index (χ4n) is 2.23. The maximum atomic E-state index is 10.3. The third-order valence-corrected chi connectivity index (χ3v) is 3.28. The lowest BCUT2D eigenvalue weighted by Crippen LogP contribution is -2.28. The maximum absolute atomic E-state index is 10.3. The SMILES string of the molecule is CCOc1ccccc1[C@H](N)[C@H](O)Cc1ccccc1. The molecule has 106 valence electrons. The van der Waals surface area contributed by atoms with Gasteiger partial charge in [-0.2, -0.15) is 0 Å². The van der Waals surface area contributed by atoms with Crippen molar-refractivity contribution in [2.45, 2.75) is 25.5 Å². The van der Waals surface area contributed by atoms with E-state index in [1.807, 2.05) is 61.5 Å². The Kier molecular flexibility index (Phi) is 5.16. The van der Waals surface area contributed by atoms with E-state index in [1.165, 1.54) is 0 Å². The first-order chi connectivity index (χ1) is 9.72. The average Bonchev–Trinajstić information content (AvgIpc) is 2.48. The second-order valence-electron chi connectivity index (χ2n) is 4.75. The molecule has 3 nitrogen and oxygen atoms in total. The van der Waals surface area contributed by atoms with Crippen molar-refractivity contribution in [2.75, 3.05) is 6.61 Å². The molecule has 0 spiro atoms. The van der Waals surface area contributed by atoms with E-state index in [-0.39, 0.29) is 0 Å². The zero-order valence-electron chi connectivity index (χ0n) is 11.7. The summed E-state index contributed by atoms with van der Waals surface area (Å²) in [6.07, 6.45) is -0.110. The quantitative estimate of drug-likeness (QED) is 0.849. The van der Waals surface area contributed by atoms with Crippen LogP contribution in [0.3, 0.4) is 0 Å².